The Kier molecular flexibility index (Phi) is 6.95. The summed E-state index contributed by atoms with van der Waals surface area (Å²) in [6, 6.07) is 0.356. The second-order valence-corrected chi connectivity index (χ2v) is 6.47. The molecule has 0 aromatic carbocycles. The van der Waals surface area contributed by atoms with Crippen LogP contribution < -0.4 is 15.8 Å². The molecule has 0 bridgehead atoms. The minimum absolute atomic E-state index is 0.147. The second-order valence-electron chi connectivity index (χ2n) is 6.47. The molecule has 1 saturated heterocycles. The summed E-state index contributed by atoms with van der Waals surface area (Å²) in [4.78, 5) is 23.1. The summed E-state index contributed by atoms with van der Waals surface area (Å²) in [5, 5.41) is 3.05. The number of hydrogen-bond acceptors (Lipinski definition) is 7. The maximum absolute atomic E-state index is 12.4. The SMILES string of the molecule is COCCN1CCC(NC(=O)C(C)Oc2nc(C)c(N)c(C)n2)CC1. The summed E-state index contributed by atoms with van der Waals surface area (Å²) >= 11 is 0. The zero-order chi connectivity index (χ0) is 18.4. The van der Waals surface area contributed by atoms with Gasteiger partial charge in [0.15, 0.2) is 6.10 Å². The van der Waals surface area contributed by atoms with Crippen LogP contribution in [0.2, 0.25) is 0 Å². The van der Waals surface area contributed by atoms with E-state index in [0.29, 0.717) is 17.1 Å². The van der Waals surface area contributed by atoms with Crippen molar-refractivity contribution < 1.29 is 14.3 Å². The molecule has 8 nitrogen and oxygen atoms in total. The number of carbonyl (C=O) groups is 1. The van der Waals surface area contributed by atoms with Crippen molar-refractivity contribution in [3.8, 4) is 6.01 Å². The number of aryl methyl sites for hydroxylation is 2. The van der Waals surface area contributed by atoms with Gasteiger partial charge in [0, 0.05) is 32.8 Å². The average Bonchev–Trinajstić information content (AvgIpc) is 2.59. The van der Waals surface area contributed by atoms with Crippen LogP contribution in [0.3, 0.4) is 0 Å². The quantitative estimate of drug-likeness (QED) is 0.744. The lowest BCUT2D eigenvalue weighted by Crippen LogP contribution is -2.48. The van der Waals surface area contributed by atoms with E-state index in [4.69, 9.17) is 15.2 Å². The molecule has 140 valence electrons. The highest BCUT2D eigenvalue weighted by atomic mass is 16.5. The lowest BCUT2D eigenvalue weighted by Gasteiger charge is -2.32. The molecule has 1 aliphatic heterocycles. The summed E-state index contributed by atoms with van der Waals surface area (Å²) in [5.74, 6) is -0.147. The molecule has 25 heavy (non-hydrogen) atoms. The number of aromatic nitrogens is 2. The molecule has 0 spiro atoms. The monoisotopic (exact) mass is 351 g/mol. The van der Waals surface area contributed by atoms with Crippen LogP contribution in [-0.4, -0.2) is 66.3 Å². The van der Waals surface area contributed by atoms with Gasteiger partial charge in [-0.05, 0) is 33.6 Å². The van der Waals surface area contributed by atoms with Gasteiger partial charge in [-0.1, -0.05) is 0 Å². The van der Waals surface area contributed by atoms with E-state index in [-0.39, 0.29) is 18.0 Å². The van der Waals surface area contributed by atoms with Crippen molar-refractivity contribution in [2.75, 3.05) is 39.1 Å². The van der Waals surface area contributed by atoms with Gasteiger partial charge in [-0.15, -0.1) is 0 Å². The summed E-state index contributed by atoms with van der Waals surface area (Å²) < 4.78 is 10.7. The normalized spacial score (nSPS) is 17.3. The Morgan fingerprint density at radius 2 is 1.92 bits per heavy atom. The Labute approximate surface area is 149 Å². The maximum atomic E-state index is 12.4. The number of carbonyl (C=O) groups excluding carboxylic acids is 1. The van der Waals surface area contributed by atoms with Crippen LogP contribution in [0.15, 0.2) is 0 Å². The number of amides is 1. The summed E-state index contributed by atoms with van der Waals surface area (Å²) in [5.41, 5.74) is 7.68. The van der Waals surface area contributed by atoms with Gasteiger partial charge in [0.1, 0.15) is 0 Å². The number of methoxy groups -OCH3 is 1. The molecule has 1 amide bonds. The van der Waals surface area contributed by atoms with Crippen molar-refractivity contribution in [2.45, 2.75) is 45.8 Å². The topological polar surface area (TPSA) is 103 Å². The molecule has 1 unspecified atom stereocenters. The predicted molar refractivity (Wildman–Crippen MR) is 95.5 cm³/mol. The minimum Gasteiger partial charge on any atom is -0.450 e. The summed E-state index contributed by atoms with van der Waals surface area (Å²) in [6.07, 6.45) is 1.20. The number of rotatable bonds is 7. The van der Waals surface area contributed by atoms with Crippen molar-refractivity contribution in [3.05, 3.63) is 11.4 Å². The number of nitrogens with one attached hydrogen (secondary N) is 1. The second kappa shape index (κ2) is 8.96. The molecule has 1 aromatic heterocycles. The van der Waals surface area contributed by atoms with Gasteiger partial charge in [-0.3, -0.25) is 4.79 Å². The Hall–Kier alpha value is -1.93. The fraction of sp³-hybridized carbons (Fsp3) is 0.706. The van der Waals surface area contributed by atoms with Gasteiger partial charge < -0.3 is 25.4 Å². The number of ether oxygens (including phenoxy) is 2. The van der Waals surface area contributed by atoms with Gasteiger partial charge in [0.25, 0.3) is 5.91 Å². The van der Waals surface area contributed by atoms with Crippen LogP contribution >= 0.6 is 0 Å². The minimum atomic E-state index is -0.658. The zero-order valence-electron chi connectivity index (χ0n) is 15.5. The number of anilines is 1. The van der Waals surface area contributed by atoms with E-state index in [1.807, 2.05) is 0 Å². The first-order valence-electron chi connectivity index (χ1n) is 8.69. The molecular weight excluding hydrogens is 322 g/mol. The molecule has 1 aliphatic rings. The van der Waals surface area contributed by atoms with E-state index in [1.54, 1.807) is 27.9 Å². The molecule has 0 aliphatic carbocycles. The third-order valence-electron chi connectivity index (χ3n) is 4.50. The third kappa shape index (κ3) is 5.54. The highest BCUT2D eigenvalue weighted by Gasteiger charge is 2.24. The molecule has 0 saturated carbocycles. The average molecular weight is 351 g/mol. The first-order valence-corrected chi connectivity index (χ1v) is 8.69. The van der Waals surface area contributed by atoms with Gasteiger partial charge in [-0.25, -0.2) is 0 Å². The van der Waals surface area contributed by atoms with Crippen molar-refractivity contribution in [1.82, 2.24) is 20.2 Å². The largest absolute Gasteiger partial charge is 0.450 e. The van der Waals surface area contributed by atoms with Crippen molar-refractivity contribution in [2.24, 2.45) is 0 Å². The number of hydrogen-bond donors (Lipinski definition) is 2. The van der Waals surface area contributed by atoms with Crippen LogP contribution in [0.5, 0.6) is 6.01 Å². The number of nitrogens with two attached hydrogens (primary N) is 1. The maximum Gasteiger partial charge on any atom is 0.317 e. The van der Waals surface area contributed by atoms with E-state index >= 15 is 0 Å². The lowest BCUT2D eigenvalue weighted by molar-refractivity contribution is -0.128. The van der Waals surface area contributed by atoms with Crippen molar-refractivity contribution in [3.63, 3.8) is 0 Å². The Bertz CT molecular complexity index is 565. The fourth-order valence-corrected chi connectivity index (χ4v) is 2.80. The van der Waals surface area contributed by atoms with Gasteiger partial charge in [0.2, 0.25) is 0 Å². The Morgan fingerprint density at radius 1 is 1.32 bits per heavy atom. The van der Waals surface area contributed by atoms with Gasteiger partial charge in [0.05, 0.1) is 23.7 Å². The lowest BCUT2D eigenvalue weighted by atomic mass is 10.0. The van der Waals surface area contributed by atoms with E-state index < -0.39 is 6.10 Å². The van der Waals surface area contributed by atoms with E-state index in [2.05, 4.69) is 20.2 Å². The van der Waals surface area contributed by atoms with Gasteiger partial charge in [-0.2, -0.15) is 9.97 Å². The van der Waals surface area contributed by atoms with Crippen LogP contribution in [0.4, 0.5) is 5.69 Å². The summed E-state index contributed by atoms with van der Waals surface area (Å²) in [6.45, 7) is 8.88. The fourth-order valence-electron chi connectivity index (χ4n) is 2.80. The zero-order valence-corrected chi connectivity index (χ0v) is 15.5. The number of nitrogen functional groups attached to an aromatic ring is 1. The Balaban J connectivity index is 1.81. The van der Waals surface area contributed by atoms with Crippen LogP contribution in [-0.2, 0) is 9.53 Å². The van der Waals surface area contributed by atoms with E-state index in [0.717, 1.165) is 39.1 Å². The molecule has 1 atom stereocenters. The molecular formula is C17H29N5O3. The van der Waals surface area contributed by atoms with Crippen LogP contribution in [0.1, 0.15) is 31.2 Å². The van der Waals surface area contributed by atoms with Crippen LogP contribution in [0, 0.1) is 13.8 Å². The molecule has 3 N–H and O–H groups in total. The van der Waals surface area contributed by atoms with E-state index in [9.17, 15) is 4.79 Å². The van der Waals surface area contributed by atoms with Crippen molar-refractivity contribution >= 4 is 11.6 Å². The third-order valence-corrected chi connectivity index (χ3v) is 4.50. The molecule has 8 heteroatoms. The number of likely N-dealkylation sites (tertiary alicyclic amines) is 1. The van der Waals surface area contributed by atoms with E-state index in [1.165, 1.54) is 0 Å². The highest BCUT2D eigenvalue weighted by Crippen LogP contribution is 2.16. The molecule has 1 fully saturated rings. The number of piperidine rings is 1. The highest BCUT2D eigenvalue weighted by molar-refractivity contribution is 5.80. The smallest absolute Gasteiger partial charge is 0.317 e. The molecule has 0 radical (unpaired) electrons. The molecule has 1 aromatic rings. The molecule has 2 heterocycles. The predicted octanol–water partition coefficient (Wildman–Crippen LogP) is 0.670. The van der Waals surface area contributed by atoms with Gasteiger partial charge >= 0.3 is 6.01 Å². The first-order chi connectivity index (χ1) is 11.9. The molecule has 2 rings (SSSR count). The Morgan fingerprint density at radius 3 is 2.48 bits per heavy atom. The van der Waals surface area contributed by atoms with Crippen molar-refractivity contribution in [1.29, 1.82) is 0 Å². The standard InChI is InChI=1S/C17H29N5O3/c1-11-15(18)12(2)20-17(19-11)25-13(3)16(23)21-14-5-7-22(8-6-14)9-10-24-4/h13-14H,5-10,18H2,1-4H3,(H,21,23). The summed E-state index contributed by atoms with van der Waals surface area (Å²) in [7, 11) is 1.71. The first kappa shape index (κ1) is 19.4. The number of nitrogens with zero attached hydrogens (tertiary/aromatic N) is 3. The van der Waals surface area contributed by atoms with Crippen LogP contribution in [0.25, 0.3) is 0 Å².